The first kappa shape index (κ1) is 26.4. The predicted octanol–water partition coefficient (Wildman–Crippen LogP) is 13.0. The van der Waals surface area contributed by atoms with Gasteiger partial charge < -0.3 is 0 Å². The molecule has 0 unspecified atom stereocenters. The summed E-state index contributed by atoms with van der Waals surface area (Å²) in [6, 6.07) is 66.5. The minimum Gasteiger partial charge on any atom is -0.0622 e. The van der Waals surface area contributed by atoms with Crippen molar-refractivity contribution in [2.24, 2.45) is 0 Å². The lowest BCUT2D eigenvalue weighted by molar-refractivity contribution is 1.62. The normalized spacial score (nSPS) is 11.5. The topological polar surface area (TPSA) is 0 Å². The first-order valence-electron chi connectivity index (χ1n) is 15.9. The molecule has 0 atom stereocenters. The van der Waals surface area contributed by atoms with Crippen molar-refractivity contribution < 1.29 is 0 Å². The van der Waals surface area contributed by atoms with Crippen molar-refractivity contribution in [2.75, 3.05) is 0 Å². The van der Waals surface area contributed by atoms with Gasteiger partial charge in [-0.25, -0.2) is 0 Å². The molecule has 0 bridgehead atoms. The quantitative estimate of drug-likeness (QED) is 0.181. The molecule has 9 aromatic carbocycles. The van der Waals surface area contributed by atoms with Crippen LogP contribution in [0, 0.1) is 0 Å². The van der Waals surface area contributed by atoms with Crippen LogP contribution < -0.4 is 0 Å². The molecular weight excluding hydrogens is 553 g/mol. The minimum atomic E-state index is 1.22. The lowest BCUT2D eigenvalue weighted by Crippen LogP contribution is -1.91. The van der Waals surface area contributed by atoms with E-state index in [4.69, 9.17) is 0 Å². The number of hydrogen-bond donors (Lipinski definition) is 0. The van der Waals surface area contributed by atoms with Gasteiger partial charge in [-0.05, 0) is 106 Å². The zero-order valence-corrected chi connectivity index (χ0v) is 25.3. The summed E-state index contributed by atoms with van der Waals surface area (Å²) < 4.78 is 0. The van der Waals surface area contributed by atoms with Crippen molar-refractivity contribution in [1.82, 2.24) is 0 Å². The summed E-state index contributed by atoms with van der Waals surface area (Å²) in [4.78, 5) is 0. The van der Waals surface area contributed by atoms with Crippen LogP contribution in [0.5, 0.6) is 0 Å². The molecule has 0 aliphatic carbocycles. The Morgan fingerprint density at radius 3 is 1.13 bits per heavy atom. The molecular formula is C46H30. The monoisotopic (exact) mass is 582 g/mol. The Bertz CT molecular complexity index is 2500. The van der Waals surface area contributed by atoms with Gasteiger partial charge in [0.25, 0.3) is 0 Å². The van der Waals surface area contributed by atoms with Gasteiger partial charge in [-0.1, -0.05) is 164 Å². The summed E-state index contributed by atoms with van der Waals surface area (Å²) in [6.07, 6.45) is 0. The van der Waals surface area contributed by atoms with Gasteiger partial charge in [-0.2, -0.15) is 0 Å². The third-order valence-electron chi connectivity index (χ3n) is 9.42. The van der Waals surface area contributed by atoms with Crippen LogP contribution >= 0.6 is 0 Å². The van der Waals surface area contributed by atoms with Crippen LogP contribution in [0.3, 0.4) is 0 Å². The van der Waals surface area contributed by atoms with Gasteiger partial charge in [0.2, 0.25) is 0 Å². The Balaban J connectivity index is 1.15. The van der Waals surface area contributed by atoms with Crippen molar-refractivity contribution in [3.63, 3.8) is 0 Å². The largest absolute Gasteiger partial charge is 0.0622 e. The summed E-state index contributed by atoms with van der Waals surface area (Å²) in [5.74, 6) is 0. The lowest BCUT2D eigenvalue weighted by atomic mass is 9.85. The Kier molecular flexibility index (Phi) is 6.25. The molecule has 0 heteroatoms. The highest BCUT2D eigenvalue weighted by atomic mass is 14.2. The van der Waals surface area contributed by atoms with E-state index in [1.54, 1.807) is 0 Å². The molecule has 0 saturated carbocycles. The molecule has 0 saturated heterocycles. The van der Waals surface area contributed by atoms with Gasteiger partial charge in [-0.3, -0.25) is 0 Å². The molecule has 0 spiro atoms. The molecule has 0 amide bonds. The SMILES string of the molecule is c1ccc(-c2ccc3cc(-c4ccc(-c5c6ccccc6c(-c6ccc7ccccc7c6)c6ccccc56)cc4)ccc3c2)cc1. The molecule has 0 aromatic heterocycles. The van der Waals surface area contributed by atoms with Crippen molar-refractivity contribution in [2.45, 2.75) is 0 Å². The third kappa shape index (κ3) is 4.47. The van der Waals surface area contributed by atoms with Crippen molar-refractivity contribution >= 4 is 43.1 Å². The summed E-state index contributed by atoms with van der Waals surface area (Å²) in [7, 11) is 0. The van der Waals surface area contributed by atoms with Crippen LogP contribution in [0.15, 0.2) is 182 Å². The van der Waals surface area contributed by atoms with Gasteiger partial charge in [0.1, 0.15) is 0 Å². The van der Waals surface area contributed by atoms with E-state index < -0.39 is 0 Å². The zero-order valence-electron chi connectivity index (χ0n) is 25.3. The Hall–Kier alpha value is -5.98. The van der Waals surface area contributed by atoms with E-state index in [1.165, 1.54) is 87.6 Å². The molecule has 9 rings (SSSR count). The maximum Gasteiger partial charge on any atom is -0.00262 e. The molecule has 0 nitrogen and oxygen atoms in total. The van der Waals surface area contributed by atoms with Crippen LogP contribution in [-0.4, -0.2) is 0 Å². The van der Waals surface area contributed by atoms with Crippen molar-refractivity contribution in [3.05, 3.63) is 182 Å². The highest BCUT2D eigenvalue weighted by Crippen LogP contribution is 2.44. The van der Waals surface area contributed by atoms with E-state index in [9.17, 15) is 0 Å². The maximum absolute atomic E-state index is 2.34. The van der Waals surface area contributed by atoms with E-state index in [0.29, 0.717) is 0 Å². The average molecular weight is 583 g/mol. The standard InChI is InChI=1S/C46H30/c1-2-10-31(11-3-1)36-23-25-39-29-37(24-26-38(39)28-36)33-18-21-34(22-19-33)45-41-14-6-8-16-43(41)46(44-17-9-7-15-42(44)45)40-27-20-32-12-4-5-13-35(32)30-40/h1-30H. The minimum absolute atomic E-state index is 1.22. The fourth-order valence-electron chi connectivity index (χ4n) is 7.16. The van der Waals surface area contributed by atoms with E-state index in [0.717, 1.165) is 0 Å². The van der Waals surface area contributed by atoms with E-state index >= 15 is 0 Å². The van der Waals surface area contributed by atoms with Crippen LogP contribution in [0.4, 0.5) is 0 Å². The lowest BCUT2D eigenvalue weighted by Gasteiger charge is -2.18. The number of rotatable bonds is 4. The molecule has 9 aromatic rings. The summed E-state index contributed by atoms with van der Waals surface area (Å²) in [6.45, 7) is 0. The Morgan fingerprint density at radius 2 is 0.543 bits per heavy atom. The molecule has 0 fully saturated rings. The molecule has 0 aliphatic rings. The van der Waals surface area contributed by atoms with Crippen LogP contribution in [0.2, 0.25) is 0 Å². The van der Waals surface area contributed by atoms with Crippen molar-refractivity contribution in [1.29, 1.82) is 0 Å². The molecule has 0 radical (unpaired) electrons. The first-order valence-corrected chi connectivity index (χ1v) is 15.9. The van der Waals surface area contributed by atoms with E-state index in [2.05, 4.69) is 182 Å². The highest BCUT2D eigenvalue weighted by molar-refractivity contribution is 6.21. The number of fused-ring (bicyclic) bond motifs is 4. The number of hydrogen-bond acceptors (Lipinski definition) is 0. The summed E-state index contributed by atoms with van der Waals surface area (Å²) in [5, 5.41) is 10.1. The zero-order chi connectivity index (χ0) is 30.5. The molecule has 214 valence electrons. The van der Waals surface area contributed by atoms with E-state index in [1.807, 2.05) is 0 Å². The van der Waals surface area contributed by atoms with Crippen molar-refractivity contribution in [3.8, 4) is 44.5 Å². The third-order valence-corrected chi connectivity index (χ3v) is 9.42. The highest BCUT2D eigenvalue weighted by Gasteiger charge is 2.17. The number of benzene rings is 9. The van der Waals surface area contributed by atoms with Crippen LogP contribution in [0.1, 0.15) is 0 Å². The Labute approximate surface area is 268 Å². The van der Waals surface area contributed by atoms with Crippen LogP contribution in [0.25, 0.3) is 87.6 Å². The first-order chi connectivity index (χ1) is 22.8. The molecule has 0 aliphatic heterocycles. The van der Waals surface area contributed by atoms with Gasteiger partial charge in [0, 0.05) is 0 Å². The summed E-state index contributed by atoms with van der Waals surface area (Å²) >= 11 is 0. The van der Waals surface area contributed by atoms with Crippen LogP contribution in [-0.2, 0) is 0 Å². The van der Waals surface area contributed by atoms with Gasteiger partial charge in [-0.15, -0.1) is 0 Å². The molecule has 0 N–H and O–H groups in total. The average Bonchev–Trinajstić information content (AvgIpc) is 3.13. The second-order valence-electron chi connectivity index (χ2n) is 12.1. The second kappa shape index (κ2) is 10.9. The smallest absolute Gasteiger partial charge is 0.00262 e. The Morgan fingerprint density at radius 1 is 0.196 bits per heavy atom. The van der Waals surface area contributed by atoms with Gasteiger partial charge in [0.05, 0.1) is 0 Å². The maximum atomic E-state index is 2.34. The molecule has 46 heavy (non-hydrogen) atoms. The fourth-order valence-corrected chi connectivity index (χ4v) is 7.16. The fraction of sp³-hybridized carbons (Fsp3) is 0. The van der Waals surface area contributed by atoms with Gasteiger partial charge >= 0.3 is 0 Å². The molecule has 0 heterocycles. The van der Waals surface area contributed by atoms with E-state index in [-0.39, 0.29) is 0 Å². The second-order valence-corrected chi connectivity index (χ2v) is 12.1. The summed E-state index contributed by atoms with van der Waals surface area (Å²) in [5.41, 5.74) is 10.0. The predicted molar refractivity (Wildman–Crippen MR) is 198 cm³/mol. The van der Waals surface area contributed by atoms with Gasteiger partial charge in [0.15, 0.2) is 0 Å².